The number of aromatic nitrogens is 2. The maximum Gasteiger partial charge on any atom is 0.266 e. The van der Waals surface area contributed by atoms with Gasteiger partial charge >= 0.3 is 0 Å². The summed E-state index contributed by atoms with van der Waals surface area (Å²) in [7, 11) is 0. The minimum atomic E-state index is 0.397. The van der Waals surface area contributed by atoms with Gasteiger partial charge in [0.05, 0.1) is 11.2 Å². The third-order valence-corrected chi connectivity index (χ3v) is 2.96. The lowest BCUT2D eigenvalue weighted by Crippen LogP contribution is -1.88. The fourth-order valence-corrected chi connectivity index (χ4v) is 2.17. The summed E-state index contributed by atoms with van der Waals surface area (Å²) in [5, 5.41) is 1.01. The Bertz CT molecular complexity index is 755. The number of hydrogen-bond donors (Lipinski definition) is 1. The van der Waals surface area contributed by atoms with Gasteiger partial charge in [0.15, 0.2) is 5.58 Å². The summed E-state index contributed by atoms with van der Waals surface area (Å²) in [5.41, 5.74) is 4.73. The van der Waals surface area contributed by atoms with Crippen LogP contribution in [-0.2, 0) is 0 Å². The quantitative estimate of drug-likeness (QED) is 0.599. The molecule has 16 heavy (non-hydrogen) atoms. The largest absolute Gasteiger partial charge is 0.429 e. The van der Waals surface area contributed by atoms with Crippen LogP contribution in [0.15, 0.2) is 22.6 Å². The molecule has 2 heterocycles. The van der Waals surface area contributed by atoms with Gasteiger partial charge in [0, 0.05) is 5.39 Å². The van der Waals surface area contributed by atoms with Crippen LogP contribution < -0.4 is 0 Å². The zero-order valence-electron chi connectivity index (χ0n) is 9.00. The smallest absolute Gasteiger partial charge is 0.266 e. The number of nitrogens with zero attached hydrogens (tertiary/aromatic N) is 1. The molecule has 0 atom stereocenters. The molecule has 0 fully saturated rings. The normalized spacial score (nSPS) is 11.4. The molecule has 3 aromatic rings. The van der Waals surface area contributed by atoms with Crippen molar-refractivity contribution in [3.8, 4) is 0 Å². The lowest BCUT2D eigenvalue weighted by atomic mass is 10.1. The topological polar surface area (TPSA) is 41.8 Å². The van der Waals surface area contributed by atoms with E-state index in [1.807, 2.05) is 32.0 Å². The number of benzene rings is 1. The van der Waals surface area contributed by atoms with Crippen molar-refractivity contribution in [1.29, 1.82) is 0 Å². The van der Waals surface area contributed by atoms with Gasteiger partial charge in [-0.25, -0.2) is 0 Å². The number of oxazole rings is 1. The van der Waals surface area contributed by atoms with E-state index in [9.17, 15) is 0 Å². The molecule has 1 aromatic carbocycles. The van der Waals surface area contributed by atoms with Gasteiger partial charge in [0.25, 0.3) is 4.84 Å². The van der Waals surface area contributed by atoms with Crippen molar-refractivity contribution in [2.45, 2.75) is 13.8 Å². The first kappa shape index (κ1) is 9.54. The minimum absolute atomic E-state index is 0.397. The van der Waals surface area contributed by atoms with Gasteiger partial charge in [-0.3, -0.25) is 4.98 Å². The van der Waals surface area contributed by atoms with E-state index in [0.29, 0.717) is 4.84 Å². The molecule has 0 saturated heterocycles. The first-order chi connectivity index (χ1) is 7.66. The molecule has 2 aromatic heterocycles. The van der Waals surface area contributed by atoms with E-state index in [1.54, 1.807) is 0 Å². The number of nitrogens with one attached hydrogen (secondary N) is 1. The van der Waals surface area contributed by atoms with Gasteiger partial charge in [-0.15, -0.1) is 0 Å². The summed E-state index contributed by atoms with van der Waals surface area (Å²) in [6.07, 6.45) is 0. The Balaban J connectivity index is 2.68. The summed E-state index contributed by atoms with van der Waals surface area (Å²) in [5.74, 6) is 0. The zero-order chi connectivity index (χ0) is 11.3. The highest BCUT2D eigenvalue weighted by molar-refractivity contribution is 7.71. The maximum atomic E-state index is 5.54. The molecule has 0 amide bonds. The van der Waals surface area contributed by atoms with Crippen LogP contribution in [0.5, 0.6) is 0 Å². The van der Waals surface area contributed by atoms with Crippen LogP contribution in [0.3, 0.4) is 0 Å². The van der Waals surface area contributed by atoms with Gasteiger partial charge in [-0.1, -0.05) is 12.1 Å². The summed E-state index contributed by atoms with van der Waals surface area (Å²) in [6, 6.07) is 6.05. The molecule has 0 unspecified atom stereocenters. The molecule has 0 spiro atoms. The van der Waals surface area contributed by atoms with Crippen molar-refractivity contribution in [2.75, 3.05) is 0 Å². The molecule has 3 rings (SSSR count). The van der Waals surface area contributed by atoms with Crippen LogP contribution in [0.4, 0.5) is 0 Å². The average molecular weight is 230 g/mol. The van der Waals surface area contributed by atoms with Gasteiger partial charge in [0.1, 0.15) is 5.52 Å². The maximum absolute atomic E-state index is 5.54. The molecular formula is C12H10N2OS. The number of rotatable bonds is 0. The van der Waals surface area contributed by atoms with E-state index in [1.165, 1.54) is 0 Å². The molecule has 0 aliphatic carbocycles. The van der Waals surface area contributed by atoms with Crippen molar-refractivity contribution in [3.63, 3.8) is 0 Å². The van der Waals surface area contributed by atoms with E-state index in [0.717, 1.165) is 33.3 Å². The molecule has 4 heteroatoms. The van der Waals surface area contributed by atoms with Gasteiger partial charge < -0.3 is 9.40 Å². The minimum Gasteiger partial charge on any atom is -0.429 e. The molecule has 1 N–H and O–H groups in total. The average Bonchev–Trinajstić information content (AvgIpc) is 2.63. The van der Waals surface area contributed by atoms with Gasteiger partial charge in [-0.05, 0) is 37.7 Å². The third-order valence-electron chi connectivity index (χ3n) is 2.77. The van der Waals surface area contributed by atoms with Crippen LogP contribution in [0.2, 0.25) is 0 Å². The number of hydrogen-bond acceptors (Lipinski definition) is 3. The number of aryl methyl sites for hydroxylation is 2. The summed E-state index contributed by atoms with van der Waals surface area (Å²) in [6.45, 7) is 4.00. The van der Waals surface area contributed by atoms with Crippen LogP contribution in [0.25, 0.3) is 22.0 Å². The standard InChI is InChI=1S/C12H10N2OS/c1-6-4-3-5-8-9(6)13-7(2)10-11(8)15-12(16)14-10/h3-5H,1-2H3,(H,14,16). The van der Waals surface area contributed by atoms with E-state index in [-0.39, 0.29) is 0 Å². The fraction of sp³-hybridized carbons (Fsp3) is 0.167. The second-order valence-electron chi connectivity index (χ2n) is 3.89. The SMILES string of the molecule is Cc1cccc2c1nc(C)c1[nH]c(=S)oc12. The Morgan fingerprint density at radius 1 is 1.31 bits per heavy atom. The second-order valence-corrected chi connectivity index (χ2v) is 4.26. The molecule has 0 saturated carbocycles. The molecule has 0 bridgehead atoms. The summed E-state index contributed by atoms with van der Waals surface area (Å²) < 4.78 is 5.54. The predicted octanol–water partition coefficient (Wildman–Crippen LogP) is 3.66. The van der Waals surface area contributed by atoms with Gasteiger partial charge in [-0.2, -0.15) is 0 Å². The first-order valence-electron chi connectivity index (χ1n) is 5.05. The Morgan fingerprint density at radius 2 is 2.12 bits per heavy atom. The Hall–Kier alpha value is -1.68. The lowest BCUT2D eigenvalue weighted by molar-refractivity contribution is 0.586. The number of H-pyrrole nitrogens is 1. The van der Waals surface area contributed by atoms with Crippen molar-refractivity contribution in [2.24, 2.45) is 0 Å². The first-order valence-corrected chi connectivity index (χ1v) is 5.46. The Kier molecular flexibility index (Phi) is 1.88. The van der Waals surface area contributed by atoms with Crippen molar-refractivity contribution in [3.05, 3.63) is 34.3 Å². The summed E-state index contributed by atoms with van der Waals surface area (Å²) >= 11 is 5.02. The number of para-hydroxylation sites is 1. The fourth-order valence-electron chi connectivity index (χ4n) is 1.99. The van der Waals surface area contributed by atoms with Crippen LogP contribution >= 0.6 is 12.2 Å². The lowest BCUT2D eigenvalue weighted by Gasteiger charge is -2.03. The van der Waals surface area contributed by atoms with Crippen molar-refractivity contribution >= 4 is 34.2 Å². The second kappa shape index (κ2) is 3.15. The molecule has 0 radical (unpaired) electrons. The number of pyridine rings is 1. The Morgan fingerprint density at radius 3 is 2.94 bits per heavy atom. The molecule has 80 valence electrons. The van der Waals surface area contributed by atoms with Crippen LogP contribution in [0, 0.1) is 18.7 Å². The van der Waals surface area contributed by atoms with E-state index >= 15 is 0 Å². The van der Waals surface area contributed by atoms with E-state index < -0.39 is 0 Å². The molecule has 0 aliphatic heterocycles. The third kappa shape index (κ3) is 1.20. The van der Waals surface area contributed by atoms with Crippen LogP contribution in [0.1, 0.15) is 11.3 Å². The van der Waals surface area contributed by atoms with E-state index in [4.69, 9.17) is 16.6 Å². The molecule has 3 nitrogen and oxygen atoms in total. The highest BCUT2D eigenvalue weighted by Crippen LogP contribution is 2.27. The highest BCUT2D eigenvalue weighted by Gasteiger charge is 2.10. The van der Waals surface area contributed by atoms with E-state index in [2.05, 4.69) is 9.97 Å². The number of fused-ring (bicyclic) bond motifs is 3. The zero-order valence-corrected chi connectivity index (χ0v) is 9.81. The van der Waals surface area contributed by atoms with Crippen molar-refractivity contribution < 1.29 is 4.42 Å². The highest BCUT2D eigenvalue weighted by atomic mass is 32.1. The Labute approximate surface area is 97.1 Å². The van der Waals surface area contributed by atoms with Crippen LogP contribution in [-0.4, -0.2) is 9.97 Å². The van der Waals surface area contributed by atoms with Crippen molar-refractivity contribution in [1.82, 2.24) is 9.97 Å². The molecular weight excluding hydrogens is 220 g/mol. The monoisotopic (exact) mass is 230 g/mol. The van der Waals surface area contributed by atoms with Gasteiger partial charge in [0.2, 0.25) is 0 Å². The molecule has 0 aliphatic rings. The predicted molar refractivity (Wildman–Crippen MR) is 66.2 cm³/mol. The number of aromatic amines is 1. The summed E-state index contributed by atoms with van der Waals surface area (Å²) in [4.78, 5) is 8.00.